The van der Waals surface area contributed by atoms with Gasteiger partial charge in [0.2, 0.25) is 0 Å². The van der Waals surface area contributed by atoms with Gasteiger partial charge in [0.05, 0.1) is 31.3 Å². The maximum absolute atomic E-state index is 12.9. The Kier molecular flexibility index (Phi) is 6.60. The van der Waals surface area contributed by atoms with Gasteiger partial charge in [-0.1, -0.05) is 0 Å². The van der Waals surface area contributed by atoms with Gasteiger partial charge in [-0.15, -0.1) is 0 Å². The fourth-order valence-corrected chi connectivity index (χ4v) is 4.94. The van der Waals surface area contributed by atoms with Crippen LogP contribution in [-0.4, -0.2) is 57.9 Å². The van der Waals surface area contributed by atoms with Crippen molar-refractivity contribution in [1.29, 1.82) is 0 Å². The number of benzene rings is 2. The molecule has 0 saturated carbocycles. The molecule has 3 aromatic rings. The summed E-state index contributed by atoms with van der Waals surface area (Å²) in [6, 6.07) is 13.5. The first-order valence-corrected chi connectivity index (χ1v) is 12.9. The number of rotatable bonds is 6. The van der Waals surface area contributed by atoms with Crippen molar-refractivity contribution in [3.63, 3.8) is 0 Å². The van der Waals surface area contributed by atoms with Crippen LogP contribution in [0.25, 0.3) is 0 Å². The molecule has 10 nitrogen and oxygen atoms in total. The summed E-state index contributed by atoms with van der Waals surface area (Å²) in [6.45, 7) is 5.80. The molecule has 0 amide bonds. The molecule has 3 heterocycles. The van der Waals surface area contributed by atoms with Crippen molar-refractivity contribution < 1.29 is 22.6 Å². The number of nitrogens with zero attached hydrogens (tertiary/aromatic N) is 3. The average molecular weight is 498 g/mol. The fraction of sp³-hybridized carbons (Fsp3) is 0.333. The minimum atomic E-state index is -3.80. The lowest BCUT2D eigenvalue weighted by Crippen LogP contribution is -2.36. The molecule has 1 fully saturated rings. The van der Waals surface area contributed by atoms with Crippen LogP contribution in [-0.2, 0) is 14.8 Å². The Bertz CT molecular complexity index is 1290. The molecule has 0 radical (unpaired) electrons. The minimum Gasteiger partial charge on any atom is -0.490 e. The average Bonchev–Trinajstić information content (AvgIpc) is 3.10. The zero-order valence-corrected chi connectivity index (χ0v) is 20.2. The third kappa shape index (κ3) is 5.57. The number of sulfonamides is 1. The second-order valence-electron chi connectivity index (χ2n) is 8.22. The van der Waals surface area contributed by atoms with Gasteiger partial charge >= 0.3 is 0 Å². The summed E-state index contributed by atoms with van der Waals surface area (Å²) in [4.78, 5) is 11.3. The van der Waals surface area contributed by atoms with Gasteiger partial charge in [-0.05, 0) is 43.3 Å². The summed E-state index contributed by atoms with van der Waals surface area (Å²) in [5.41, 5.74) is 1.21. The zero-order chi connectivity index (χ0) is 24.3. The predicted molar refractivity (Wildman–Crippen MR) is 132 cm³/mol. The van der Waals surface area contributed by atoms with E-state index >= 15 is 0 Å². The number of aryl methyl sites for hydroxylation is 1. The van der Waals surface area contributed by atoms with Crippen LogP contribution < -0.4 is 24.4 Å². The maximum atomic E-state index is 12.9. The van der Waals surface area contributed by atoms with Gasteiger partial charge in [-0.25, -0.2) is 18.4 Å². The zero-order valence-electron chi connectivity index (χ0n) is 19.4. The summed E-state index contributed by atoms with van der Waals surface area (Å²) >= 11 is 0. The topological polar surface area (TPSA) is 115 Å². The third-order valence-electron chi connectivity index (χ3n) is 5.60. The number of fused-ring (bicyclic) bond motifs is 1. The van der Waals surface area contributed by atoms with Gasteiger partial charge in [-0.3, -0.25) is 4.72 Å². The number of aromatic nitrogens is 2. The predicted octanol–water partition coefficient (Wildman–Crippen LogP) is 3.33. The number of anilines is 4. The lowest BCUT2D eigenvalue weighted by Gasteiger charge is -2.28. The molecule has 184 valence electrons. The molecule has 11 heteroatoms. The van der Waals surface area contributed by atoms with Gasteiger partial charge in [0, 0.05) is 43.0 Å². The summed E-state index contributed by atoms with van der Waals surface area (Å²) in [6.07, 6.45) is 0.749. The number of ether oxygens (including phenoxy) is 3. The van der Waals surface area contributed by atoms with E-state index in [4.69, 9.17) is 14.2 Å². The monoisotopic (exact) mass is 497 g/mol. The molecule has 2 aliphatic heterocycles. The van der Waals surface area contributed by atoms with Crippen LogP contribution in [0.4, 0.5) is 23.0 Å². The van der Waals surface area contributed by atoms with E-state index in [2.05, 4.69) is 24.9 Å². The molecular weight excluding hydrogens is 470 g/mol. The van der Waals surface area contributed by atoms with Crippen molar-refractivity contribution in [2.24, 2.45) is 0 Å². The summed E-state index contributed by atoms with van der Waals surface area (Å²) < 4.78 is 45.1. The van der Waals surface area contributed by atoms with E-state index in [1.165, 1.54) is 12.1 Å². The standard InChI is InChI=1S/C24H27N5O5S/c1-17-25-23(16-24(26-17)29-9-13-32-14-10-29)27-18-3-5-19(6-4-18)28-35(30,31)20-7-8-21-22(15-20)34-12-2-11-33-21/h3-8,15-16,28H,2,9-14H2,1H3,(H,25,26,27). The van der Waals surface area contributed by atoms with Crippen LogP contribution in [0, 0.1) is 6.92 Å². The van der Waals surface area contributed by atoms with Gasteiger partial charge in [0.15, 0.2) is 11.5 Å². The second-order valence-corrected chi connectivity index (χ2v) is 9.91. The molecule has 0 bridgehead atoms. The molecular formula is C24H27N5O5S. The van der Waals surface area contributed by atoms with Crippen molar-refractivity contribution in [2.75, 3.05) is 54.5 Å². The quantitative estimate of drug-likeness (QED) is 0.529. The first-order chi connectivity index (χ1) is 17.0. The van der Waals surface area contributed by atoms with Crippen LogP contribution in [0.2, 0.25) is 0 Å². The number of hydrogen-bond donors (Lipinski definition) is 2. The Morgan fingerprint density at radius 3 is 2.34 bits per heavy atom. The molecule has 0 atom stereocenters. The van der Waals surface area contributed by atoms with Crippen molar-refractivity contribution >= 4 is 33.0 Å². The number of hydrogen-bond acceptors (Lipinski definition) is 9. The normalized spacial score (nSPS) is 15.9. The summed E-state index contributed by atoms with van der Waals surface area (Å²) in [5, 5.41) is 3.27. The van der Waals surface area contributed by atoms with Gasteiger partial charge < -0.3 is 24.4 Å². The van der Waals surface area contributed by atoms with Crippen LogP contribution in [0.15, 0.2) is 53.4 Å². The molecule has 35 heavy (non-hydrogen) atoms. The van der Waals surface area contributed by atoms with E-state index in [0.717, 1.165) is 31.0 Å². The van der Waals surface area contributed by atoms with Gasteiger partial charge in [-0.2, -0.15) is 0 Å². The highest BCUT2D eigenvalue weighted by Crippen LogP contribution is 2.32. The van der Waals surface area contributed by atoms with Crippen LogP contribution in [0.3, 0.4) is 0 Å². The molecule has 1 saturated heterocycles. The van der Waals surface area contributed by atoms with E-state index in [0.29, 0.717) is 55.3 Å². The number of nitrogens with one attached hydrogen (secondary N) is 2. The number of morpholine rings is 1. The van der Waals surface area contributed by atoms with Gasteiger partial charge in [0.25, 0.3) is 10.0 Å². The largest absolute Gasteiger partial charge is 0.490 e. The van der Waals surface area contributed by atoms with E-state index < -0.39 is 10.0 Å². The third-order valence-corrected chi connectivity index (χ3v) is 6.98. The molecule has 2 aliphatic rings. The van der Waals surface area contributed by atoms with Crippen LogP contribution >= 0.6 is 0 Å². The Morgan fingerprint density at radius 1 is 0.857 bits per heavy atom. The van der Waals surface area contributed by atoms with Crippen LogP contribution in [0.1, 0.15) is 12.2 Å². The molecule has 5 rings (SSSR count). The Labute approximate surface area is 204 Å². The van der Waals surface area contributed by atoms with Crippen molar-refractivity contribution in [3.05, 3.63) is 54.4 Å². The summed E-state index contributed by atoms with van der Waals surface area (Å²) in [5.74, 6) is 3.16. The van der Waals surface area contributed by atoms with Crippen LogP contribution in [0.5, 0.6) is 11.5 Å². The highest BCUT2D eigenvalue weighted by molar-refractivity contribution is 7.92. The smallest absolute Gasteiger partial charge is 0.262 e. The lowest BCUT2D eigenvalue weighted by atomic mass is 10.3. The maximum Gasteiger partial charge on any atom is 0.262 e. The highest BCUT2D eigenvalue weighted by Gasteiger charge is 2.19. The lowest BCUT2D eigenvalue weighted by molar-refractivity contribution is 0.122. The molecule has 0 aliphatic carbocycles. The molecule has 1 aromatic heterocycles. The van der Waals surface area contributed by atoms with Crippen molar-refractivity contribution in [2.45, 2.75) is 18.2 Å². The first-order valence-electron chi connectivity index (χ1n) is 11.4. The Morgan fingerprint density at radius 2 is 1.57 bits per heavy atom. The van der Waals surface area contributed by atoms with E-state index in [9.17, 15) is 8.42 Å². The SMILES string of the molecule is Cc1nc(Nc2ccc(NS(=O)(=O)c3ccc4c(c3)OCCCO4)cc2)cc(N2CCOCC2)n1. The second kappa shape index (κ2) is 9.96. The molecule has 0 unspecified atom stereocenters. The first kappa shape index (κ1) is 23.2. The van der Waals surface area contributed by atoms with E-state index in [1.807, 2.05) is 13.0 Å². The molecule has 2 aromatic carbocycles. The van der Waals surface area contributed by atoms with Crippen molar-refractivity contribution in [3.8, 4) is 11.5 Å². The fourth-order valence-electron chi connectivity index (χ4n) is 3.86. The molecule has 2 N–H and O–H groups in total. The van der Waals surface area contributed by atoms with E-state index in [-0.39, 0.29) is 4.90 Å². The Hall–Kier alpha value is -3.57. The highest BCUT2D eigenvalue weighted by atomic mass is 32.2. The Balaban J connectivity index is 1.28. The molecule has 0 spiro atoms. The minimum absolute atomic E-state index is 0.107. The van der Waals surface area contributed by atoms with Crippen molar-refractivity contribution in [1.82, 2.24) is 9.97 Å². The summed E-state index contributed by atoms with van der Waals surface area (Å²) in [7, 11) is -3.80. The van der Waals surface area contributed by atoms with E-state index in [1.54, 1.807) is 30.3 Å². The van der Waals surface area contributed by atoms with Gasteiger partial charge in [0.1, 0.15) is 17.5 Å².